The fourth-order valence-corrected chi connectivity index (χ4v) is 3.12. The van der Waals surface area contributed by atoms with Gasteiger partial charge in [0.15, 0.2) is 0 Å². The lowest BCUT2D eigenvalue weighted by atomic mass is 9.90. The first-order valence-electron chi connectivity index (χ1n) is 9.01. The van der Waals surface area contributed by atoms with Gasteiger partial charge in [0.25, 0.3) is 0 Å². The fourth-order valence-electron chi connectivity index (χ4n) is 3.12. The number of hydrogen-bond donors (Lipinski definition) is 1. The Morgan fingerprint density at radius 2 is 1.69 bits per heavy atom. The molecule has 2 aromatic carbocycles. The molecule has 0 radical (unpaired) electrons. The lowest BCUT2D eigenvalue weighted by molar-refractivity contribution is -0.542. The van der Waals surface area contributed by atoms with Gasteiger partial charge in [-0.2, -0.15) is 0 Å². The minimum absolute atomic E-state index is 0.0429. The van der Waals surface area contributed by atoms with Gasteiger partial charge in [0.05, 0.1) is 13.2 Å². The molecule has 0 saturated carbocycles. The molecule has 4 nitrogen and oxygen atoms in total. The Kier molecular flexibility index (Phi) is 6.81. The Balaban J connectivity index is 2.11. The van der Waals surface area contributed by atoms with Gasteiger partial charge in [0.2, 0.25) is 0 Å². The highest BCUT2D eigenvalue weighted by Crippen LogP contribution is 2.34. The van der Waals surface area contributed by atoms with Crippen molar-refractivity contribution in [3.8, 4) is 16.9 Å². The zero-order valence-electron chi connectivity index (χ0n) is 16.4. The van der Waals surface area contributed by atoms with Gasteiger partial charge in [-0.25, -0.2) is 0 Å². The molecule has 142 valence electrons. The monoisotopic (exact) mass is 357 g/mol. The summed E-state index contributed by atoms with van der Waals surface area (Å²) in [7, 11) is 0. The van der Waals surface area contributed by atoms with Crippen molar-refractivity contribution in [3.63, 3.8) is 0 Å². The molecule has 0 aliphatic heterocycles. The summed E-state index contributed by atoms with van der Waals surface area (Å²) in [5.41, 5.74) is 6.64. The third kappa shape index (κ3) is 5.31. The molecule has 2 aromatic rings. The minimum atomic E-state index is -1.35. The maximum absolute atomic E-state index is 11.4. The number of aliphatic hydroxyl groups is 1. The van der Waals surface area contributed by atoms with Crippen molar-refractivity contribution in [2.75, 3.05) is 13.2 Å². The van der Waals surface area contributed by atoms with E-state index in [9.17, 15) is 10.2 Å². The molecule has 0 bridgehead atoms. The van der Waals surface area contributed by atoms with Gasteiger partial charge in [-0.15, -0.1) is 0 Å². The molecular weight excluding hydrogens is 328 g/mol. The minimum Gasteiger partial charge on any atom is -0.829 e. The normalized spacial score (nSPS) is 11.7. The van der Waals surface area contributed by atoms with E-state index in [1.165, 1.54) is 19.4 Å². The van der Waals surface area contributed by atoms with E-state index in [1.807, 2.05) is 31.2 Å². The maximum atomic E-state index is 11.4. The summed E-state index contributed by atoms with van der Waals surface area (Å²) in [5.74, 6) is -0.531. The number of rotatable bonds is 8. The Labute approximate surface area is 156 Å². The lowest BCUT2D eigenvalue weighted by Gasteiger charge is -2.31. The highest BCUT2D eigenvalue weighted by molar-refractivity contribution is 5.75. The predicted octanol–water partition coefficient (Wildman–Crippen LogP) is 3.65. The molecule has 0 unspecified atom stereocenters. The molecule has 4 heteroatoms. The van der Waals surface area contributed by atoms with Gasteiger partial charge in [-0.05, 0) is 72.1 Å². The van der Waals surface area contributed by atoms with Gasteiger partial charge in [0, 0.05) is 13.0 Å². The molecule has 2 rings (SSSR count). The maximum Gasteiger partial charge on any atom is 0.119 e. The van der Waals surface area contributed by atoms with E-state index in [4.69, 9.17) is 9.47 Å². The third-order valence-electron chi connectivity index (χ3n) is 4.40. The lowest BCUT2D eigenvalue weighted by Crippen LogP contribution is -2.40. The van der Waals surface area contributed by atoms with Crippen molar-refractivity contribution in [2.45, 2.75) is 53.4 Å². The molecule has 0 aromatic heterocycles. The quantitative estimate of drug-likeness (QED) is 0.579. The summed E-state index contributed by atoms with van der Waals surface area (Å²) in [6, 6.07) is 10.1. The summed E-state index contributed by atoms with van der Waals surface area (Å²) in [6.45, 7) is 10.1. The predicted molar refractivity (Wildman–Crippen MR) is 102 cm³/mol. The van der Waals surface area contributed by atoms with Crippen LogP contribution in [0.1, 0.15) is 42.5 Å². The molecule has 0 aliphatic rings. The number of benzene rings is 2. The van der Waals surface area contributed by atoms with Crippen LogP contribution in [-0.4, -0.2) is 24.1 Å². The van der Waals surface area contributed by atoms with Crippen molar-refractivity contribution in [3.05, 3.63) is 52.6 Å². The highest BCUT2D eigenvalue weighted by Gasteiger charge is 2.12. The summed E-state index contributed by atoms with van der Waals surface area (Å²) in [4.78, 5) is 0. The van der Waals surface area contributed by atoms with E-state index in [-0.39, 0.29) is 6.61 Å². The zero-order chi connectivity index (χ0) is 19.3. The van der Waals surface area contributed by atoms with E-state index in [0.717, 1.165) is 33.6 Å². The first-order valence-corrected chi connectivity index (χ1v) is 9.01. The Morgan fingerprint density at radius 3 is 2.27 bits per heavy atom. The van der Waals surface area contributed by atoms with Gasteiger partial charge in [0.1, 0.15) is 5.75 Å². The van der Waals surface area contributed by atoms with Gasteiger partial charge < -0.3 is 19.7 Å². The Bertz CT molecular complexity index is 721. The molecule has 0 aliphatic carbocycles. The second-order valence-corrected chi connectivity index (χ2v) is 7.13. The number of aryl methyl sites for hydroxylation is 2. The van der Waals surface area contributed by atoms with Gasteiger partial charge >= 0.3 is 0 Å². The van der Waals surface area contributed by atoms with Crippen LogP contribution in [0.2, 0.25) is 0 Å². The van der Waals surface area contributed by atoms with Crippen LogP contribution >= 0.6 is 0 Å². The van der Waals surface area contributed by atoms with Gasteiger partial charge in [-0.1, -0.05) is 32.0 Å². The second-order valence-electron chi connectivity index (χ2n) is 7.13. The van der Waals surface area contributed by atoms with Crippen molar-refractivity contribution < 1.29 is 19.7 Å². The van der Waals surface area contributed by atoms with Crippen LogP contribution < -0.4 is 9.84 Å². The standard InChI is InChI=1S/C22H29O4/c1-15-12-19(25-10-7-11-26-22(4,5)24)13-16(2)21(15)20-9-6-8-18(14-23)17(20)3/h6,8-9,12-13,23H,7,10-11,14H2,1-5H3/q-1. The molecular formula is C22H29O4-. The van der Waals surface area contributed by atoms with Crippen molar-refractivity contribution >= 4 is 0 Å². The molecule has 0 spiro atoms. The summed E-state index contributed by atoms with van der Waals surface area (Å²) in [5, 5.41) is 20.9. The van der Waals surface area contributed by atoms with E-state index in [2.05, 4.69) is 19.9 Å². The highest BCUT2D eigenvalue weighted by atomic mass is 16.6. The summed E-state index contributed by atoms with van der Waals surface area (Å²) < 4.78 is 11.0. The smallest absolute Gasteiger partial charge is 0.119 e. The van der Waals surface area contributed by atoms with Crippen LogP contribution in [0, 0.1) is 20.8 Å². The van der Waals surface area contributed by atoms with E-state index in [0.29, 0.717) is 19.6 Å². The van der Waals surface area contributed by atoms with E-state index < -0.39 is 5.79 Å². The average Bonchev–Trinajstić information content (AvgIpc) is 2.54. The van der Waals surface area contributed by atoms with Crippen LogP contribution in [0.3, 0.4) is 0 Å². The van der Waals surface area contributed by atoms with Crippen molar-refractivity contribution in [2.24, 2.45) is 0 Å². The molecule has 0 saturated heterocycles. The van der Waals surface area contributed by atoms with Crippen LogP contribution in [-0.2, 0) is 11.3 Å². The van der Waals surface area contributed by atoms with E-state index in [1.54, 1.807) is 0 Å². The molecule has 0 fully saturated rings. The number of ether oxygens (including phenoxy) is 2. The zero-order valence-corrected chi connectivity index (χ0v) is 16.4. The second kappa shape index (κ2) is 8.67. The van der Waals surface area contributed by atoms with Crippen molar-refractivity contribution in [1.82, 2.24) is 0 Å². The third-order valence-corrected chi connectivity index (χ3v) is 4.40. The topological polar surface area (TPSA) is 61.8 Å². The SMILES string of the molecule is Cc1cc(OCCCOC(C)(C)[O-])cc(C)c1-c1cccc(CO)c1C. The summed E-state index contributed by atoms with van der Waals surface area (Å²) in [6.07, 6.45) is 0.670. The number of aliphatic hydroxyl groups excluding tert-OH is 1. The molecule has 0 atom stereocenters. The van der Waals surface area contributed by atoms with Crippen molar-refractivity contribution in [1.29, 1.82) is 0 Å². The first kappa shape index (κ1) is 20.4. The number of hydrogen-bond acceptors (Lipinski definition) is 4. The fraction of sp³-hybridized carbons (Fsp3) is 0.455. The Hall–Kier alpha value is -1.88. The largest absolute Gasteiger partial charge is 0.829 e. The van der Waals surface area contributed by atoms with Crippen LogP contribution in [0.15, 0.2) is 30.3 Å². The van der Waals surface area contributed by atoms with Gasteiger partial charge in [-0.3, -0.25) is 0 Å². The van der Waals surface area contributed by atoms with Crippen LogP contribution in [0.5, 0.6) is 5.75 Å². The van der Waals surface area contributed by atoms with Crippen LogP contribution in [0.25, 0.3) is 11.1 Å². The molecule has 0 amide bonds. The van der Waals surface area contributed by atoms with Crippen LogP contribution in [0.4, 0.5) is 0 Å². The molecule has 26 heavy (non-hydrogen) atoms. The molecule has 1 N–H and O–H groups in total. The average molecular weight is 357 g/mol. The van der Waals surface area contributed by atoms with E-state index >= 15 is 0 Å². The molecule has 0 heterocycles. The first-order chi connectivity index (χ1) is 12.2. The Morgan fingerprint density at radius 1 is 1.04 bits per heavy atom. The summed E-state index contributed by atoms with van der Waals surface area (Å²) >= 11 is 0.